The molecule has 0 saturated carbocycles. The number of piperazine rings is 1. The van der Waals surface area contributed by atoms with E-state index in [9.17, 15) is 32.3 Å². The van der Waals surface area contributed by atoms with Gasteiger partial charge in [0.15, 0.2) is 6.10 Å². The summed E-state index contributed by atoms with van der Waals surface area (Å²) in [5, 5.41) is 4.58. The Labute approximate surface area is 319 Å². The van der Waals surface area contributed by atoms with E-state index >= 15 is 0 Å². The predicted octanol–water partition coefficient (Wildman–Crippen LogP) is 5.78. The molecule has 1 atom stereocenters. The summed E-state index contributed by atoms with van der Waals surface area (Å²) in [7, 11) is 0. The molecule has 55 heavy (non-hydrogen) atoms. The van der Waals surface area contributed by atoms with Crippen molar-refractivity contribution in [2.75, 3.05) is 64.2 Å². The van der Waals surface area contributed by atoms with Crippen molar-refractivity contribution in [2.24, 2.45) is 0 Å². The number of carbonyl (C=O) groups is 4. The molecule has 3 saturated heterocycles. The van der Waals surface area contributed by atoms with E-state index in [2.05, 4.69) is 10.2 Å². The van der Waals surface area contributed by atoms with Gasteiger partial charge >= 0.3 is 24.5 Å². The molecule has 0 spiro atoms. The molecule has 16 heteroatoms. The molecule has 4 heterocycles. The van der Waals surface area contributed by atoms with Crippen molar-refractivity contribution in [2.45, 2.75) is 89.3 Å². The fourth-order valence-corrected chi connectivity index (χ4v) is 7.75. The lowest BCUT2D eigenvalue weighted by Crippen LogP contribution is -2.55. The number of benzene rings is 2. The molecule has 2 aromatic carbocycles. The maximum Gasteiger partial charge on any atom is 0.528 e. The molecule has 13 nitrogen and oxygen atoms in total. The van der Waals surface area contributed by atoms with Crippen LogP contribution in [0.2, 0.25) is 0 Å². The van der Waals surface area contributed by atoms with Crippen LogP contribution >= 0.6 is 0 Å². The van der Waals surface area contributed by atoms with Crippen LogP contribution in [-0.2, 0) is 38.1 Å². The van der Waals surface area contributed by atoms with Crippen molar-refractivity contribution in [3.63, 3.8) is 0 Å². The minimum atomic E-state index is -4.57. The van der Waals surface area contributed by atoms with Crippen LogP contribution in [0.1, 0.15) is 63.1 Å². The third-order valence-electron chi connectivity index (χ3n) is 10.7. The number of para-hydroxylation sites is 1. The van der Waals surface area contributed by atoms with Gasteiger partial charge in [-0.3, -0.25) is 9.69 Å². The highest BCUT2D eigenvalue weighted by Crippen LogP contribution is 2.31. The summed E-state index contributed by atoms with van der Waals surface area (Å²) < 4.78 is 51.9. The number of piperidine rings is 2. The third kappa shape index (κ3) is 10.6. The van der Waals surface area contributed by atoms with Gasteiger partial charge in [-0.25, -0.2) is 14.4 Å². The summed E-state index contributed by atoms with van der Waals surface area (Å²) in [5.74, 6) is -0.449. The molecule has 3 fully saturated rings. The minimum absolute atomic E-state index is 0.0947. The Morgan fingerprint density at radius 3 is 2.15 bits per heavy atom. The number of nitrogens with one attached hydrogen (secondary N) is 1. The molecule has 1 N–H and O–H groups in total. The fourth-order valence-electron chi connectivity index (χ4n) is 7.75. The highest BCUT2D eigenvalue weighted by Gasteiger charge is 2.38. The number of halogens is 3. The molecule has 2 aromatic rings. The zero-order valence-corrected chi connectivity index (χ0v) is 31.7. The van der Waals surface area contributed by atoms with Crippen molar-refractivity contribution in [3.8, 4) is 0 Å². The number of alkyl halides is 3. The van der Waals surface area contributed by atoms with Gasteiger partial charge in [0, 0.05) is 83.1 Å². The lowest BCUT2D eigenvalue weighted by molar-refractivity contribution is -0.162. The van der Waals surface area contributed by atoms with Gasteiger partial charge in [-0.05, 0) is 76.1 Å². The molecule has 6 rings (SSSR count). The smallest absolute Gasteiger partial charge is 0.436 e. The maximum atomic E-state index is 14.0. The molecular formula is C39H51F3N6O7. The second-order valence-electron chi connectivity index (χ2n) is 15.6. The van der Waals surface area contributed by atoms with Gasteiger partial charge in [0.25, 0.3) is 5.91 Å². The summed E-state index contributed by atoms with van der Waals surface area (Å²) in [4.78, 5) is 65.4. The number of urea groups is 1. The van der Waals surface area contributed by atoms with E-state index in [4.69, 9.17) is 14.3 Å². The van der Waals surface area contributed by atoms with Crippen LogP contribution in [0.25, 0.3) is 0 Å². The summed E-state index contributed by atoms with van der Waals surface area (Å²) in [6, 6.07) is 12.3. The first kappa shape index (κ1) is 40.1. The highest BCUT2D eigenvalue weighted by atomic mass is 19.4. The molecule has 300 valence electrons. The minimum Gasteiger partial charge on any atom is -0.436 e. The Kier molecular flexibility index (Phi) is 12.4. The van der Waals surface area contributed by atoms with Gasteiger partial charge in [0.2, 0.25) is 0 Å². The van der Waals surface area contributed by atoms with Crippen LogP contribution in [0.5, 0.6) is 0 Å². The van der Waals surface area contributed by atoms with Crippen LogP contribution < -0.4 is 5.32 Å². The molecule has 4 aliphatic heterocycles. The van der Waals surface area contributed by atoms with Gasteiger partial charge in [-0.15, -0.1) is 5.06 Å². The van der Waals surface area contributed by atoms with E-state index in [1.807, 2.05) is 29.2 Å². The van der Waals surface area contributed by atoms with Gasteiger partial charge in [-0.2, -0.15) is 13.2 Å². The van der Waals surface area contributed by atoms with Crippen LogP contribution in [0.4, 0.5) is 33.2 Å². The number of carbonyl (C=O) groups excluding carboxylic acids is 4. The number of amides is 4. The molecule has 0 radical (unpaired) electrons. The average molecular weight is 773 g/mol. The van der Waals surface area contributed by atoms with Crippen molar-refractivity contribution in [1.29, 1.82) is 0 Å². The highest BCUT2D eigenvalue weighted by molar-refractivity contribution is 5.91. The van der Waals surface area contributed by atoms with E-state index in [1.54, 1.807) is 30.7 Å². The number of fused-ring (bicyclic) bond motifs is 1. The molecule has 4 aliphatic rings. The number of rotatable bonds is 7. The SMILES string of the molecule is CC(C)(C)OC(=O)ON1CCN(C2CCN(C(=O)[C@@H](Cc3cccc(C(F)(F)F)c3)OC(=O)N3CCC(N4CCc5ccccc5NC4=O)CC3)CC2)CC1. The largest absolute Gasteiger partial charge is 0.528 e. The first-order valence-corrected chi connectivity index (χ1v) is 19.1. The van der Waals surface area contributed by atoms with Gasteiger partial charge in [0.1, 0.15) is 5.60 Å². The second kappa shape index (κ2) is 17.1. The molecule has 4 amide bonds. The zero-order chi connectivity index (χ0) is 39.3. The summed E-state index contributed by atoms with van der Waals surface area (Å²) in [6.07, 6.45) is -4.51. The summed E-state index contributed by atoms with van der Waals surface area (Å²) in [5.41, 5.74) is 0.581. The van der Waals surface area contributed by atoms with Crippen molar-refractivity contribution >= 4 is 29.9 Å². The summed E-state index contributed by atoms with van der Waals surface area (Å²) in [6.45, 7) is 9.54. The quantitative estimate of drug-likeness (QED) is 0.349. The Hall–Kier alpha value is -4.57. The average Bonchev–Trinajstić information content (AvgIpc) is 3.31. The molecule has 0 aromatic heterocycles. The van der Waals surface area contributed by atoms with Crippen molar-refractivity contribution < 1.29 is 46.7 Å². The number of likely N-dealkylation sites (tertiary alicyclic amines) is 2. The Morgan fingerprint density at radius 2 is 1.47 bits per heavy atom. The van der Waals surface area contributed by atoms with Gasteiger partial charge in [-0.1, -0.05) is 36.4 Å². The topological polar surface area (TPSA) is 124 Å². The van der Waals surface area contributed by atoms with E-state index in [-0.39, 0.29) is 30.1 Å². The zero-order valence-electron chi connectivity index (χ0n) is 31.7. The first-order valence-electron chi connectivity index (χ1n) is 19.1. The number of anilines is 1. The maximum absolute atomic E-state index is 14.0. The van der Waals surface area contributed by atoms with E-state index in [1.165, 1.54) is 17.0 Å². The number of ether oxygens (including phenoxy) is 2. The predicted molar refractivity (Wildman–Crippen MR) is 196 cm³/mol. The van der Waals surface area contributed by atoms with Crippen LogP contribution in [-0.4, -0.2) is 132 Å². The van der Waals surface area contributed by atoms with E-state index in [0.29, 0.717) is 91.0 Å². The Bertz CT molecular complexity index is 1680. The Balaban J connectivity index is 1.04. The second-order valence-corrected chi connectivity index (χ2v) is 15.6. The molecular weight excluding hydrogens is 721 g/mol. The number of hydrogen-bond donors (Lipinski definition) is 1. The monoisotopic (exact) mass is 772 g/mol. The van der Waals surface area contributed by atoms with Gasteiger partial charge in [0.05, 0.1) is 5.56 Å². The number of hydroxylamine groups is 2. The third-order valence-corrected chi connectivity index (χ3v) is 10.7. The van der Waals surface area contributed by atoms with Crippen LogP contribution in [0, 0.1) is 0 Å². The number of nitrogens with zero attached hydrogens (tertiary/aromatic N) is 5. The van der Waals surface area contributed by atoms with Crippen molar-refractivity contribution in [1.82, 2.24) is 24.7 Å². The lowest BCUT2D eigenvalue weighted by atomic mass is 10.00. The van der Waals surface area contributed by atoms with Gasteiger partial charge < -0.3 is 34.3 Å². The summed E-state index contributed by atoms with van der Waals surface area (Å²) >= 11 is 0. The molecule has 0 bridgehead atoms. The van der Waals surface area contributed by atoms with Crippen LogP contribution in [0.15, 0.2) is 48.5 Å². The van der Waals surface area contributed by atoms with Crippen molar-refractivity contribution in [3.05, 3.63) is 65.2 Å². The van der Waals surface area contributed by atoms with E-state index in [0.717, 1.165) is 23.4 Å². The standard InChI is InChI=1S/C39H51F3N6O7/c1-38(2,3)54-37(52)55-47-23-21-44(22-24-47)30-12-16-45(17-13-30)34(49)33(26-27-7-6-9-29(25-27)39(40,41)42)53-36(51)46-18-14-31(15-19-46)48-20-11-28-8-4-5-10-32(28)43-35(48)50/h4-10,25,30-31,33H,11-24,26H2,1-3H3,(H,43,50)/t33-/m1/s1. The Morgan fingerprint density at radius 1 is 0.818 bits per heavy atom. The van der Waals surface area contributed by atoms with Crippen LogP contribution in [0.3, 0.4) is 0 Å². The lowest BCUT2D eigenvalue weighted by Gasteiger charge is -2.42. The molecule has 0 unspecified atom stereocenters. The molecule has 0 aliphatic carbocycles. The first-order chi connectivity index (χ1) is 26.1. The fraction of sp³-hybridized carbons (Fsp3) is 0.590. The normalized spacial score (nSPS) is 20.3. The number of hydrogen-bond acceptors (Lipinski definition) is 9. The van der Waals surface area contributed by atoms with E-state index < -0.39 is 41.6 Å².